The van der Waals surface area contributed by atoms with Gasteiger partial charge in [-0.25, -0.2) is 4.98 Å². The largest absolute Gasteiger partial charge is 2.00 e. The Morgan fingerprint density at radius 3 is 2.31 bits per heavy atom. The Bertz CT molecular complexity index is 2260. The smallest absolute Gasteiger partial charge is 0.509 e. The van der Waals surface area contributed by atoms with Gasteiger partial charge in [0.2, 0.25) is 0 Å². The molecule has 3 aromatic heterocycles. The Kier molecular flexibility index (Phi) is 9.67. The number of rotatable bonds is 8. The molecule has 4 aromatic carbocycles. The summed E-state index contributed by atoms with van der Waals surface area (Å²) >= 11 is 0. The van der Waals surface area contributed by atoms with Gasteiger partial charge >= 0.3 is 20.4 Å². The van der Waals surface area contributed by atoms with E-state index in [0.29, 0.717) is 11.5 Å². The van der Waals surface area contributed by atoms with Crippen LogP contribution in [0.4, 0.5) is 0 Å². The van der Waals surface area contributed by atoms with Gasteiger partial charge in [0.05, 0.1) is 11.4 Å². The second-order valence-electron chi connectivity index (χ2n) is 14.0. The molecule has 7 aromatic rings. The molecule has 3 heterocycles. The molecule has 0 saturated carbocycles. The summed E-state index contributed by atoms with van der Waals surface area (Å²) in [5.74, 6) is 2.39. The van der Waals surface area contributed by atoms with Crippen molar-refractivity contribution in [2.75, 3.05) is 0 Å². The minimum Gasteiger partial charge on any atom is -0.509 e. The van der Waals surface area contributed by atoms with Crippen LogP contribution in [0.25, 0.3) is 44.4 Å². The van der Waals surface area contributed by atoms with E-state index in [1.807, 2.05) is 18.3 Å². The molecule has 0 aliphatic rings. The van der Waals surface area contributed by atoms with E-state index in [-0.39, 0.29) is 31.8 Å². The van der Waals surface area contributed by atoms with Gasteiger partial charge in [0.25, 0.3) is 0 Å². The van der Waals surface area contributed by atoms with Crippen LogP contribution < -0.4 is 4.74 Å². The maximum Gasteiger partial charge on any atom is 2.00 e. The summed E-state index contributed by atoms with van der Waals surface area (Å²) < 4.78 is 10.9. The van der Waals surface area contributed by atoms with Gasteiger partial charge < -0.3 is 9.30 Å². The van der Waals surface area contributed by atoms with E-state index in [1.165, 1.54) is 16.8 Å². The van der Waals surface area contributed by atoms with Gasteiger partial charge in [-0.3, -0.25) is 4.68 Å². The van der Waals surface area contributed by atoms with Crippen molar-refractivity contribution in [1.29, 1.82) is 0 Å². The summed E-state index contributed by atoms with van der Waals surface area (Å²) in [4.78, 5) is 4.73. The molecule has 0 atom stereocenters. The van der Waals surface area contributed by atoms with Crippen molar-refractivity contribution in [3.8, 4) is 34.1 Å². The third-order valence-corrected chi connectivity index (χ3v) is 8.87. The Morgan fingerprint density at radius 2 is 1.59 bits per heavy atom. The summed E-state index contributed by atoms with van der Waals surface area (Å²) in [6.45, 7) is 15.5. The summed E-state index contributed by atoms with van der Waals surface area (Å²) in [6.07, 6.45) is 3.76. The van der Waals surface area contributed by atoms with Crippen LogP contribution in [0.15, 0.2) is 97.2 Å². The van der Waals surface area contributed by atoms with Gasteiger partial charge in [-0.15, -0.1) is 41.3 Å². The van der Waals surface area contributed by atoms with E-state index in [9.17, 15) is 0 Å². The third kappa shape index (κ3) is 6.61. The van der Waals surface area contributed by atoms with Gasteiger partial charge in [0, 0.05) is 34.2 Å². The van der Waals surface area contributed by atoms with Crippen molar-refractivity contribution in [2.24, 2.45) is 0 Å². The summed E-state index contributed by atoms with van der Waals surface area (Å²) in [6, 6.07) is 38.8. The van der Waals surface area contributed by atoms with Crippen molar-refractivity contribution < 1.29 is 25.2 Å². The maximum absolute atomic E-state index is 6.66. The predicted octanol–water partition coefficient (Wildman–Crippen LogP) is 11.1. The number of pyridine rings is 1. The second-order valence-corrected chi connectivity index (χ2v) is 14.0. The monoisotopic (exact) mass is 736 g/mol. The molecule has 0 radical (unpaired) electrons. The van der Waals surface area contributed by atoms with E-state index in [1.54, 1.807) is 0 Å². The molecule has 0 spiro atoms. The fourth-order valence-electron chi connectivity index (χ4n) is 6.63. The van der Waals surface area contributed by atoms with E-state index in [4.69, 9.17) is 14.8 Å². The molecule has 0 saturated heterocycles. The first-order valence-electron chi connectivity index (χ1n) is 16.9. The first-order chi connectivity index (χ1) is 23.1. The zero-order valence-corrected chi connectivity index (χ0v) is 30.8. The fraction of sp³-hybridized carbons (Fsp3) is 0.256. The maximum atomic E-state index is 6.66. The van der Waals surface area contributed by atoms with Crippen LogP contribution in [0, 0.1) is 19.1 Å². The topological polar surface area (TPSA) is 44.9 Å². The molecular weight excluding hydrogens is 695 g/mol. The molecule has 0 amide bonds. The van der Waals surface area contributed by atoms with Gasteiger partial charge in [-0.2, -0.15) is 11.2 Å². The number of para-hydroxylation sites is 1. The molecule has 0 unspecified atom stereocenters. The normalized spacial score (nSPS) is 11.8. The Labute approximate surface area is 303 Å². The molecule has 0 aliphatic heterocycles. The SMILES string of the molecule is CCCc1nn(-c2[c-]c(Oc3[c-]c4c(cc3)c3ccccc3n4-c3cc(C)ccn3)cc(C(C)C)c2)c(C(C)(C)C)c1-c1ccccc1.[Pd+2]. The van der Waals surface area contributed by atoms with Gasteiger partial charge in [-0.1, -0.05) is 102 Å². The Morgan fingerprint density at radius 1 is 0.837 bits per heavy atom. The number of ether oxygens (including phenoxy) is 1. The van der Waals surface area contributed by atoms with Crippen LogP contribution in [0.5, 0.6) is 11.5 Å². The number of aryl methyl sites for hydroxylation is 2. The molecule has 0 bridgehead atoms. The quantitative estimate of drug-likeness (QED) is 0.115. The van der Waals surface area contributed by atoms with E-state index in [2.05, 4.69) is 149 Å². The number of fused-ring (bicyclic) bond motifs is 3. The number of nitrogens with zero attached hydrogens (tertiary/aromatic N) is 4. The third-order valence-electron chi connectivity index (χ3n) is 8.87. The molecule has 250 valence electrons. The van der Waals surface area contributed by atoms with Crippen LogP contribution in [-0.4, -0.2) is 19.3 Å². The van der Waals surface area contributed by atoms with E-state index >= 15 is 0 Å². The Hall–Kier alpha value is -4.50. The van der Waals surface area contributed by atoms with Crippen LogP contribution in [0.2, 0.25) is 0 Å². The average molecular weight is 737 g/mol. The molecule has 7 rings (SSSR count). The minimum absolute atomic E-state index is 0. The summed E-state index contributed by atoms with van der Waals surface area (Å²) in [5.41, 5.74) is 9.69. The molecule has 0 fully saturated rings. The van der Waals surface area contributed by atoms with Crippen LogP contribution in [0.1, 0.15) is 76.4 Å². The van der Waals surface area contributed by atoms with E-state index in [0.717, 1.165) is 63.0 Å². The standard InChI is InChI=1S/C43H42N4O.Pd/c1-8-14-37-41(30-15-10-9-11-16-30)42(43(5,6)7)47(45-37)32-24-31(28(2)3)25-34(26-32)48-33-19-20-36-35-17-12-13-18-38(35)46(39(36)27-33)40-23-29(4)21-22-44-40;/h9-13,15-25,28H,8,14H2,1-7H3;/q-2;+2. The molecular formula is C43H42N4OPd. The zero-order chi connectivity index (χ0) is 33.6. The fourth-order valence-corrected chi connectivity index (χ4v) is 6.63. The van der Waals surface area contributed by atoms with Crippen molar-refractivity contribution in [2.45, 2.75) is 72.6 Å². The number of hydrogen-bond acceptors (Lipinski definition) is 3. The van der Waals surface area contributed by atoms with Crippen molar-refractivity contribution in [1.82, 2.24) is 19.3 Å². The first kappa shape index (κ1) is 34.4. The summed E-state index contributed by atoms with van der Waals surface area (Å²) in [7, 11) is 0. The Balaban J connectivity index is 0.00000417. The van der Waals surface area contributed by atoms with Gasteiger partial charge in [0.15, 0.2) is 0 Å². The van der Waals surface area contributed by atoms with Crippen molar-refractivity contribution in [3.63, 3.8) is 0 Å². The number of aromatic nitrogens is 4. The van der Waals surface area contributed by atoms with Gasteiger partial charge in [-0.05, 0) is 59.7 Å². The zero-order valence-electron chi connectivity index (χ0n) is 29.2. The molecule has 49 heavy (non-hydrogen) atoms. The van der Waals surface area contributed by atoms with Crippen molar-refractivity contribution >= 4 is 21.8 Å². The predicted molar refractivity (Wildman–Crippen MR) is 197 cm³/mol. The molecule has 0 N–H and O–H groups in total. The number of hydrogen-bond donors (Lipinski definition) is 0. The van der Waals surface area contributed by atoms with Crippen LogP contribution in [0.3, 0.4) is 0 Å². The van der Waals surface area contributed by atoms with Gasteiger partial charge in [0.1, 0.15) is 5.82 Å². The minimum atomic E-state index is -0.178. The molecule has 0 aliphatic carbocycles. The van der Waals surface area contributed by atoms with E-state index < -0.39 is 0 Å². The summed E-state index contributed by atoms with van der Waals surface area (Å²) in [5, 5.41) is 7.55. The second kappa shape index (κ2) is 13.8. The molecule has 5 nitrogen and oxygen atoms in total. The average Bonchev–Trinajstić information content (AvgIpc) is 3.61. The number of benzene rings is 4. The first-order valence-corrected chi connectivity index (χ1v) is 16.9. The van der Waals surface area contributed by atoms with Crippen LogP contribution >= 0.6 is 0 Å². The van der Waals surface area contributed by atoms with Crippen LogP contribution in [-0.2, 0) is 32.3 Å². The molecule has 6 heteroatoms. The van der Waals surface area contributed by atoms with Crippen molar-refractivity contribution in [3.05, 3.63) is 132 Å².